The molecule has 0 saturated carbocycles. The van der Waals surface area contributed by atoms with E-state index in [1.807, 2.05) is 0 Å². The third-order valence-electron chi connectivity index (χ3n) is 4.64. The first kappa shape index (κ1) is 18.9. The van der Waals surface area contributed by atoms with Crippen molar-refractivity contribution >= 4 is 17.4 Å². The Labute approximate surface area is 153 Å². The van der Waals surface area contributed by atoms with Crippen molar-refractivity contribution in [2.45, 2.75) is 12.1 Å². The standard InChI is InChI=1S/C19H17F4N3O/c1-26-10-13(11-5-4-6-12(9-11)19(21,22)23)16(17(26)24)18(27)25-15-8-3-2-7-14(15)20/h2-9,13,16,24H,10H2,1H3,(H,25,27). The van der Waals surface area contributed by atoms with E-state index >= 15 is 0 Å². The largest absolute Gasteiger partial charge is 0.416 e. The Bertz CT molecular complexity index is 881. The van der Waals surface area contributed by atoms with E-state index in [0.717, 1.165) is 12.1 Å². The lowest BCUT2D eigenvalue weighted by Gasteiger charge is -2.19. The molecule has 27 heavy (non-hydrogen) atoms. The van der Waals surface area contributed by atoms with Crippen LogP contribution in [-0.2, 0) is 11.0 Å². The monoisotopic (exact) mass is 379 g/mol. The van der Waals surface area contributed by atoms with Gasteiger partial charge in [0.1, 0.15) is 17.6 Å². The van der Waals surface area contributed by atoms with Gasteiger partial charge in [0.2, 0.25) is 5.91 Å². The van der Waals surface area contributed by atoms with Gasteiger partial charge in [0, 0.05) is 19.5 Å². The van der Waals surface area contributed by atoms with Crippen LogP contribution in [0.15, 0.2) is 48.5 Å². The second kappa shape index (κ2) is 7.02. The highest BCUT2D eigenvalue weighted by atomic mass is 19.4. The molecule has 4 nitrogen and oxygen atoms in total. The van der Waals surface area contributed by atoms with Gasteiger partial charge in [-0.05, 0) is 23.8 Å². The molecule has 0 radical (unpaired) electrons. The maximum Gasteiger partial charge on any atom is 0.416 e. The lowest BCUT2D eigenvalue weighted by Crippen LogP contribution is -2.32. The Hall–Kier alpha value is -2.90. The van der Waals surface area contributed by atoms with Crippen molar-refractivity contribution in [2.75, 3.05) is 18.9 Å². The van der Waals surface area contributed by atoms with Crippen LogP contribution < -0.4 is 5.32 Å². The summed E-state index contributed by atoms with van der Waals surface area (Å²) in [6, 6.07) is 10.3. The fourth-order valence-corrected chi connectivity index (χ4v) is 3.25. The highest BCUT2D eigenvalue weighted by Gasteiger charge is 2.42. The van der Waals surface area contributed by atoms with Gasteiger partial charge in [0.15, 0.2) is 0 Å². The first-order chi connectivity index (χ1) is 12.7. The van der Waals surface area contributed by atoms with Gasteiger partial charge in [0.25, 0.3) is 0 Å². The minimum absolute atomic E-state index is 0.0220. The van der Waals surface area contributed by atoms with E-state index in [1.54, 1.807) is 13.1 Å². The van der Waals surface area contributed by atoms with Gasteiger partial charge in [0.05, 0.1) is 11.3 Å². The van der Waals surface area contributed by atoms with Gasteiger partial charge >= 0.3 is 6.18 Å². The number of nitrogens with one attached hydrogen (secondary N) is 2. The van der Waals surface area contributed by atoms with Crippen molar-refractivity contribution in [3.8, 4) is 0 Å². The molecule has 8 heteroatoms. The predicted octanol–water partition coefficient (Wildman–Crippen LogP) is 4.11. The summed E-state index contributed by atoms with van der Waals surface area (Å²) < 4.78 is 52.9. The van der Waals surface area contributed by atoms with Crippen molar-refractivity contribution in [3.05, 3.63) is 65.5 Å². The number of alkyl halides is 3. The van der Waals surface area contributed by atoms with Gasteiger partial charge in [-0.2, -0.15) is 13.2 Å². The highest BCUT2D eigenvalue weighted by Crippen LogP contribution is 2.37. The predicted molar refractivity (Wildman–Crippen MR) is 93.1 cm³/mol. The molecule has 0 spiro atoms. The number of hydrogen-bond acceptors (Lipinski definition) is 2. The zero-order valence-electron chi connectivity index (χ0n) is 14.3. The van der Waals surface area contributed by atoms with Crippen LogP contribution in [0.1, 0.15) is 17.0 Å². The van der Waals surface area contributed by atoms with Crippen molar-refractivity contribution < 1.29 is 22.4 Å². The Balaban J connectivity index is 1.92. The number of likely N-dealkylation sites (N-methyl/N-ethyl adjacent to an activating group) is 1. The topological polar surface area (TPSA) is 56.2 Å². The summed E-state index contributed by atoms with van der Waals surface area (Å²) in [6.07, 6.45) is -4.50. The number of carbonyl (C=O) groups is 1. The smallest absolute Gasteiger partial charge is 0.362 e. The zero-order chi connectivity index (χ0) is 19.8. The van der Waals surface area contributed by atoms with Gasteiger partial charge in [-0.1, -0.05) is 30.3 Å². The molecular formula is C19H17F4N3O. The number of nitrogens with zero attached hydrogens (tertiary/aromatic N) is 1. The van der Waals surface area contributed by atoms with Crippen molar-refractivity contribution in [1.29, 1.82) is 5.41 Å². The number of amidine groups is 1. The molecule has 3 rings (SSSR count). The van der Waals surface area contributed by atoms with Crippen LogP contribution in [0, 0.1) is 17.1 Å². The van der Waals surface area contributed by atoms with Crippen LogP contribution in [-0.4, -0.2) is 30.2 Å². The van der Waals surface area contributed by atoms with E-state index < -0.39 is 35.3 Å². The van der Waals surface area contributed by atoms with Gasteiger partial charge in [-0.15, -0.1) is 0 Å². The van der Waals surface area contributed by atoms with Crippen LogP contribution in [0.2, 0.25) is 0 Å². The first-order valence-corrected chi connectivity index (χ1v) is 8.20. The molecule has 1 amide bonds. The molecule has 1 aliphatic heterocycles. The summed E-state index contributed by atoms with van der Waals surface area (Å²) >= 11 is 0. The van der Waals surface area contributed by atoms with Crippen molar-refractivity contribution in [3.63, 3.8) is 0 Å². The molecule has 0 bridgehead atoms. The average Bonchev–Trinajstić information content (AvgIpc) is 2.91. The molecule has 0 aromatic heterocycles. The van der Waals surface area contributed by atoms with E-state index in [2.05, 4.69) is 5.32 Å². The summed E-state index contributed by atoms with van der Waals surface area (Å²) in [6.45, 7) is 0.218. The molecule has 2 N–H and O–H groups in total. The molecule has 1 fully saturated rings. The number of likely N-dealkylation sites (tertiary alicyclic amines) is 1. The van der Waals surface area contributed by atoms with Crippen LogP contribution in [0.4, 0.5) is 23.2 Å². The molecule has 2 aromatic rings. The summed E-state index contributed by atoms with van der Waals surface area (Å²) in [5.41, 5.74) is -0.533. The summed E-state index contributed by atoms with van der Waals surface area (Å²) in [4.78, 5) is 14.2. The lowest BCUT2D eigenvalue weighted by atomic mass is 9.87. The van der Waals surface area contributed by atoms with Gasteiger partial charge in [-0.3, -0.25) is 10.2 Å². The number of carbonyl (C=O) groups excluding carboxylic acids is 1. The van der Waals surface area contributed by atoms with Crippen molar-refractivity contribution in [2.24, 2.45) is 5.92 Å². The molecule has 2 aromatic carbocycles. The minimum atomic E-state index is -4.50. The maximum atomic E-state index is 13.8. The minimum Gasteiger partial charge on any atom is -0.362 e. The number of hydrogen-bond donors (Lipinski definition) is 2. The van der Waals surface area contributed by atoms with E-state index in [-0.39, 0.29) is 18.1 Å². The molecule has 142 valence electrons. The first-order valence-electron chi connectivity index (χ1n) is 8.20. The third-order valence-corrected chi connectivity index (χ3v) is 4.64. The number of anilines is 1. The van der Waals surface area contributed by atoms with E-state index in [9.17, 15) is 22.4 Å². The summed E-state index contributed by atoms with van der Waals surface area (Å²) in [5, 5.41) is 10.6. The molecule has 0 aliphatic carbocycles. The number of rotatable bonds is 3. The Kier molecular flexibility index (Phi) is 4.91. The van der Waals surface area contributed by atoms with Crippen LogP contribution in [0.5, 0.6) is 0 Å². The van der Waals surface area contributed by atoms with Crippen LogP contribution in [0.3, 0.4) is 0 Å². The Morgan fingerprint density at radius 3 is 2.56 bits per heavy atom. The number of benzene rings is 2. The van der Waals surface area contributed by atoms with Gasteiger partial charge in [-0.25, -0.2) is 4.39 Å². The van der Waals surface area contributed by atoms with Crippen LogP contribution in [0.25, 0.3) is 0 Å². The number of amides is 1. The van der Waals surface area contributed by atoms with E-state index in [0.29, 0.717) is 5.56 Å². The van der Waals surface area contributed by atoms with Crippen molar-refractivity contribution in [1.82, 2.24) is 4.90 Å². The average molecular weight is 379 g/mol. The Morgan fingerprint density at radius 1 is 1.19 bits per heavy atom. The van der Waals surface area contributed by atoms with Crippen LogP contribution >= 0.6 is 0 Å². The number of para-hydroxylation sites is 1. The number of halogens is 4. The Morgan fingerprint density at radius 2 is 1.89 bits per heavy atom. The van der Waals surface area contributed by atoms with Gasteiger partial charge < -0.3 is 10.2 Å². The SMILES string of the molecule is CN1CC(c2cccc(C(F)(F)F)c2)C(C(=O)Nc2ccccc2F)C1=N. The van der Waals surface area contributed by atoms with E-state index in [1.165, 1.54) is 35.2 Å². The fraction of sp³-hybridized carbons (Fsp3) is 0.263. The fourth-order valence-electron chi connectivity index (χ4n) is 3.25. The second-order valence-electron chi connectivity index (χ2n) is 6.44. The highest BCUT2D eigenvalue weighted by molar-refractivity contribution is 6.09. The molecule has 1 heterocycles. The normalized spacial score (nSPS) is 20.0. The molecule has 1 saturated heterocycles. The zero-order valence-corrected chi connectivity index (χ0v) is 14.3. The quantitative estimate of drug-likeness (QED) is 0.789. The summed E-state index contributed by atoms with van der Waals surface area (Å²) in [5.74, 6) is -2.93. The lowest BCUT2D eigenvalue weighted by molar-refractivity contribution is -0.137. The molecule has 1 aliphatic rings. The summed E-state index contributed by atoms with van der Waals surface area (Å²) in [7, 11) is 1.60. The maximum absolute atomic E-state index is 13.8. The molecular weight excluding hydrogens is 362 g/mol. The van der Waals surface area contributed by atoms with E-state index in [4.69, 9.17) is 5.41 Å². The third kappa shape index (κ3) is 3.79. The molecule has 2 unspecified atom stereocenters. The molecule has 2 atom stereocenters. The second-order valence-corrected chi connectivity index (χ2v) is 6.44.